The molecule has 1 N–H and O–H groups in total. The Morgan fingerprint density at radius 3 is 2.82 bits per heavy atom. The molecule has 2 rings (SSSR count). The molecule has 0 aromatic heterocycles. The highest BCUT2D eigenvalue weighted by Gasteiger charge is 2.32. The molecular weight excluding hydrogens is 310 g/mol. The fourth-order valence-corrected chi connectivity index (χ4v) is 2.57. The number of hydrogen-bond acceptors (Lipinski definition) is 5. The lowest BCUT2D eigenvalue weighted by Crippen LogP contribution is -2.31. The number of carbonyl (C=O) groups is 2. The molecule has 8 heteroatoms. The number of nitro groups is 1. The summed E-state index contributed by atoms with van der Waals surface area (Å²) in [5.41, 5.74) is 1.58. The maximum Gasteiger partial charge on any atom is 0.269 e. The molecule has 118 valence electrons. The zero-order valence-corrected chi connectivity index (χ0v) is 12.8. The molecule has 1 saturated heterocycles. The maximum absolute atomic E-state index is 11.7. The van der Waals surface area contributed by atoms with E-state index in [9.17, 15) is 19.7 Å². The Labute approximate surface area is 132 Å². The first-order valence-electron chi connectivity index (χ1n) is 6.84. The summed E-state index contributed by atoms with van der Waals surface area (Å²) in [6, 6.07) is 4.56. The summed E-state index contributed by atoms with van der Waals surface area (Å²) >= 11 is 5.42. The van der Waals surface area contributed by atoms with E-state index in [-0.39, 0.29) is 18.0 Å². The van der Waals surface area contributed by atoms with Crippen molar-refractivity contribution in [2.45, 2.75) is 13.3 Å². The number of halogens is 1. The molecule has 1 aromatic rings. The number of rotatable bonds is 6. The van der Waals surface area contributed by atoms with E-state index in [1.54, 1.807) is 17.9 Å². The van der Waals surface area contributed by atoms with E-state index < -0.39 is 16.1 Å². The Morgan fingerprint density at radius 2 is 2.27 bits per heavy atom. The quantitative estimate of drug-likeness (QED) is 0.490. The standard InChI is InChI=1S/C14H16ClN3O4/c1-9-6-11(18(21)22)2-3-12(9)16-4-5-17-8-10(14(15)20)7-13(17)19/h2-3,6,10,16H,4-5,7-8H2,1H3/t10-/m1/s1. The van der Waals surface area contributed by atoms with Crippen molar-refractivity contribution in [3.05, 3.63) is 33.9 Å². The predicted molar refractivity (Wildman–Crippen MR) is 81.9 cm³/mol. The number of nitrogens with zero attached hydrogens (tertiary/aromatic N) is 2. The summed E-state index contributed by atoms with van der Waals surface area (Å²) in [6.45, 7) is 3.07. The number of nitro benzene ring substituents is 1. The number of benzene rings is 1. The van der Waals surface area contributed by atoms with Crippen LogP contribution in [0.5, 0.6) is 0 Å². The summed E-state index contributed by atoms with van der Waals surface area (Å²) in [5.74, 6) is -0.503. The zero-order valence-electron chi connectivity index (χ0n) is 12.0. The van der Waals surface area contributed by atoms with Crippen molar-refractivity contribution >= 4 is 34.1 Å². The normalized spacial score (nSPS) is 17.6. The Morgan fingerprint density at radius 1 is 1.55 bits per heavy atom. The summed E-state index contributed by atoms with van der Waals surface area (Å²) < 4.78 is 0. The van der Waals surface area contributed by atoms with E-state index in [0.29, 0.717) is 19.6 Å². The lowest BCUT2D eigenvalue weighted by molar-refractivity contribution is -0.384. The second-order valence-corrected chi connectivity index (χ2v) is 5.60. The number of carbonyl (C=O) groups excluding carboxylic acids is 2. The topological polar surface area (TPSA) is 92.6 Å². The van der Waals surface area contributed by atoms with Crippen molar-refractivity contribution in [2.75, 3.05) is 25.0 Å². The van der Waals surface area contributed by atoms with Gasteiger partial charge in [0, 0.05) is 43.9 Å². The minimum atomic E-state index is -0.477. The van der Waals surface area contributed by atoms with Crippen LogP contribution in [-0.4, -0.2) is 40.6 Å². The fraction of sp³-hybridized carbons (Fsp3) is 0.429. The summed E-state index contributed by atoms with van der Waals surface area (Å²) in [6.07, 6.45) is 0.166. The van der Waals surface area contributed by atoms with E-state index in [4.69, 9.17) is 11.6 Å². The molecule has 0 radical (unpaired) electrons. The third kappa shape index (κ3) is 3.73. The van der Waals surface area contributed by atoms with Gasteiger partial charge >= 0.3 is 0 Å². The molecule has 1 atom stereocenters. The first-order chi connectivity index (χ1) is 10.4. The second-order valence-electron chi connectivity index (χ2n) is 5.23. The van der Waals surface area contributed by atoms with Gasteiger partial charge in [0.05, 0.1) is 10.8 Å². The molecule has 0 saturated carbocycles. The molecule has 0 bridgehead atoms. The molecular formula is C14H16ClN3O4. The van der Waals surface area contributed by atoms with Gasteiger partial charge in [0.25, 0.3) is 5.69 Å². The molecule has 0 unspecified atom stereocenters. The minimum absolute atomic E-state index is 0.0428. The van der Waals surface area contributed by atoms with Crippen molar-refractivity contribution in [2.24, 2.45) is 5.92 Å². The lowest BCUT2D eigenvalue weighted by Gasteiger charge is -2.17. The highest BCUT2D eigenvalue weighted by molar-refractivity contribution is 6.64. The van der Waals surface area contributed by atoms with Gasteiger partial charge in [-0.3, -0.25) is 19.7 Å². The Balaban J connectivity index is 1.88. The van der Waals surface area contributed by atoms with Gasteiger partial charge in [0.15, 0.2) is 0 Å². The van der Waals surface area contributed by atoms with Crippen LogP contribution in [0.2, 0.25) is 0 Å². The van der Waals surface area contributed by atoms with Crippen LogP contribution in [0.25, 0.3) is 0 Å². The minimum Gasteiger partial charge on any atom is -0.383 e. The molecule has 1 aliphatic rings. The molecule has 1 amide bonds. The van der Waals surface area contributed by atoms with Crippen molar-refractivity contribution in [3.63, 3.8) is 0 Å². The molecule has 1 aromatic carbocycles. The molecule has 1 heterocycles. The van der Waals surface area contributed by atoms with Crippen molar-refractivity contribution < 1.29 is 14.5 Å². The average Bonchev–Trinajstić information content (AvgIpc) is 2.82. The zero-order chi connectivity index (χ0) is 16.3. The van der Waals surface area contributed by atoms with Crippen molar-refractivity contribution in [3.8, 4) is 0 Å². The van der Waals surface area contributed by atoms with E-state index >= 15 is 0 Å². The first-order valence-corrected chi connectivity index (χ1v) is 7.22. The summed E-state index contributed by atoms with van der Waals surface area (Å²) in [7, 11) is 0. The van der Waals surface area contributed by atoms with Crippen molar-refractivity contribution in [1.29, 1.82) is 0 Å². The molecule has 7 nitrogen and oxygen atoms in total. The second kappa shape index (κ2) is 6.74. The van der Waals surface area contributed by atoms with Gasteiger partial charge in [-0.15, -0.1) is 0 Å². The predicted octanol–water partition coefficient (Wildman–Crippen LogP) is 1.93. The van der Waals surface area contributed by atoms with Gasteiger partial charge in [-0.25, -0.2) is 0 Å². The number of aryl methyl sites for hydroxylation is 1. The Kier molecular flexibility index (Phi) is 4.97. The fourth-order valence-electron chi connectivity index (χ4n) is 2.43. The molecule has 0 spiro atoms. The smallest absolute Gasteiger partial charge is 0.269 e. The monoisotopic (exact) mass is 325 g/mol. The van der Waals surface area contributed by atoms with E-state index in [2.05, 4.69) is 5.32 Å². The van der Waals surface area contributed by atoms with Gasteiger partial charge in [0.2, 0.25) is 11.1 Å². The number of anilines is 1. The van der Waals surface area contributed by atoms with Crippen LogP contribution in [0.4, 0.5) is 11.4 Å². The van der Waals surface area contributed by atoms with E-state index in [1.807, 2.05) is 0 Å². The third-order valence-electron chi connectivity index (χ3n) is 3.65. The van der Waals surface area contributed by atoms with E-state index in [0.717, 1.165) is 11.3 Å². The van der Waals surface area contributed by atoms with Crippen LogP contribution in [0.15, 0.2) is 18.2 Å². The van der Waals surface area contributed by atoms with Crippen LogP contribution in [0.3, 0.4) is 0 Å². The number of likely N-dealkylation sites (tertiary alicyclic amines) is 1. The average molecular weight is 326 g/mol. The van der Waals surface area contributed by atoms with Crippen LogP contribution in [0.1, 0.15) is 12.0 Å². The van der Waals surface area contributed by atoms with E-state index in [1.165, 1.54) is 12.1 Å². The van der Waals surface area contributed by atoms with Crippen LogP contribution >= 0.6 is 11.6 Å². The van der Waals surface area contributed by atoms with Gasteiger partial charge in [-0.2, -0.15) is 0 Å². The van der Waals surface area contributed by atoms with Crippen LogP contribution in [-0.2, 0) is 9.59 Å². The summed E-state index contributed by atoms with van der Waals surface area (Å²) in [4.78, 5) is 34.6. The maximum atomic E-state index is 11.7. The SMILES string of the molecule is Cc1cc([N+](=O)[O-])ccc1NCCN1C[C@H](C(=O)Cl)CC1=O. The van der Waals surface area contributed by atoms with Crippen molar-refractivity contribution in [1.82, 2.24) is 4.90 Å². The van der Waals surface area contributed by atoms with Crippen LogP contribution < -0.4 is 5.32 Å². The molecule has 0 aliphatic carbocycles. The molecule has 22 heavy (non-hydrogen) atoms. The molecule has 1 aliphatic heterocycles. The third-order valence-corrected chi connectivity index (χ3v) is 3.96. The highest BCUT2D eigenvalue weighted by Crippen LogP contribution is 2.22. The van der Waals surface area contributed by atoms with Crippen LogP contribution in [0, 0.1) is 23.0 Å². The largest absolute Gasteiger partial charge is 0.383 e. The highest BCUT2D eigenvalue weighted by atomic mass is 35.5. The summed E-state index contributed by atoms with van der Waals surface area (Å²) in [5, 5.41) is 13.3. The lowest BCUT2D eigenvalue weighted by atomic mass is 10.1. The van der Waals surface area contributed by atoms with Gasteiger partial charge in [0.1, 0.15) is 0 Å². The van der Waals surface area contributed by atoms with Gasteiger partial charge in [-0.1, -0.05) is 0 Å². The number of amides is 1. The van der Waals surface area contributed by atoms with Gasteiger partial charge < -0.3 is 10.2 Å². The van der Waals surface area contributed by atoms with Gasteiger partial charge in [-0.05, 0) is 30.2 Å². The number of non-ortho nitro benzene ring substituents is 1. The number of hydrogen-bond donors (Lipinski definition) is 1. The number of nitrogens with one attached hydrogen (secondary N) is 1. The molecule has 1 fully saturated rings. The Bertz CT molecular complexity index is 620. The Hall–Kier alpha value is -2.15. The first kappa shape index (κ1) is 16.2.